The Morgan fingerprint density at radius 1 is 1.03 bits per heavy atom. The van der Waals surface area contributed by atoms with E-state index >= 15 is 0 Å². The Labute approximate surface area is 225 Å². The van der Waals surface area contributed by atoms with E-state index in [-0.39, 0.29) is 12.1 Å². The number of aryl methyl sites for hydroxylation is 1. The van der Waals surface area contributed by atoms with E-state index in [1.165, 1.54) is 33.8 Å². The fourth-order valence-electron chi connectivity index (χ4n) is 5.50. The Morgan fingerprint density at radius 3 is 2.70 bits per heavy atom. The second-order valence-electron chi connectivity index (χ2n) is 9.38. The fraction of sp³-hybridized carbons (Fsp3) is 0.276. The molecule has 0 saturated carbocycles. The van der Waals surface area contributed by atoms with E-state index in [4.69, 9.17) is 21.1 Å². The number of hydrogen-bond acceptors (Lipinski definition) is 4. The summed E-state index contributed by atoms with van der Waals surface area (Å²) in [6.07, 6.45) is 6.68. The number of hydrogen-bond donors (Lipinski definition) is 1. The summed E-state index contributed by atoms with van der Waals surface area (Å²) in [5.41, 5.74) is 5.26. The molecule has 4 aromatic rings. The molecular formula is C29H28ClN3O3S. The largest absolute Gasteiger partial charge is 0.497 e. The standard InChI is InChI=1S/C29H28ClN3O3S/c1-35-20-12-13-23(25(16-20)36-2)31-29(34)33-17-22-21-9-3-4-11-26(21)37-28(22)32-14-6-10-24(32)27(33)18-7-5-8-19(30)15-18/h5-8,10,12-16,27H,3-4,9,11,17H2,1-2H3,(H,31,34). The monoisotopic (exact) mass is 533 g/mol. The molecule has 37 heavy (non-hydrogen) atoms. The molecule has 0 fully saturated rings. The van der Waals surface area contributed by atoms with Gasteiger partial charge >= 0.3 is 6.03 Å². The highest BCUT2D eigenvalue weighted by molar-refractivity contribution is 7.15. The van der Waals surface area contributed by atoms with Crippen molar-refractivity contribution in [3.63, 3.8) is 0 Å². The molecule has 2 aliphatic rings. The number of fused-ring (bicyclic) bond motifs is 5. The average Bonchev–Trinajstić information content (AvgIpc) is 3.50. The molecule has 2 amide bonds. The van der Waals surface area contributed by atoms with Gasteiger partial charge in [0.1, 0.15) is 16.5 Å². The highest BCUT2D eigenvalue weighted by atomic mass is 35.5. The SMILES string of the molecule is COc1ccc(NC(=O)N2Cc3c(sc4c3CCCC4)-n3cccc3C2c2cccc(Cl)c2)c(OC)c1. The van der Waals surface area contributed by atoms with Gasteiger partial charge in [0, 0.05) is 27.7 Å². The van der Waals surface area contributed by atoms with Gasteiger partial charge in [-0.15, -0.1) is 11.3 Å². The molecule has 6 rings (SSSR count). The minimum atomic E-state index is -0.322. The molecule has 3 heterocycles. The van der Waals surface area contributed by atoms with Gasteiger partial charge in [-0.3, -0.25) is 0 Å². The molecule has 2 aromatic carbocycles. The predicted molar refractivity (Wildman–Crippen MR) is 148 cm³/mol. The van der Waals surface area contributed by atoms with E-state index in [1.807, 2.05) is 52.6 Å². The first-order chi connectivity index (χ1) is 18.1. The maximum absolute atomic E-state index is 14.1. The van der Waals surface area contributed by atoms with Gasteiger partial charge in [0.25, 0.3) is 0 Å². The lowest BCUT2D eigenvalue weighted by atomic mass is 9.95. The minimum absolute atomic E-state index is 0.204. The molecule has 1 atom stereocenters. The number of carbonyl (C=O) groups is 1. The molecule has 1 unspecified atom stereocenters. The van der Waals surface area contributed by atoms with Crippen LogP contribution in [-0.2, 0) is 19.4 Å². The normalized spacial score (nSPS) is 16.3. The molecule has 2 aromatic heterocycles. The van der Waals surface area contributed by atoms with Crippen molar-refractivity contribution in [2.75, 3.05) is 19.5 Å². The number of anilines is 1. The number of amides is 2. The number of carbonyl (C=O) groups excluding carboxylic acids is 1. The van der Waals surface area contributed by atoms with E-state index < -0.39 is 0 Å². The summed E-state index contributed by atoms with van der Waals surface area (Å²) in [5.74, 6) is 1.20. The van der Waals surface area contributed by atoms with Crippen molar-refractivity contribution >= 4 is 34.7 Å². The Bertz CT molecular complexity index is 1480. The number of aromatic nitrogens is 1. The summed E-state index contributed by atoms with van der Waals surface area (Å²) in [6, 6.07) is 16.8. The maximum Gasteiger partial charge on any atom is 0.323 e. The highest BCUT2D eigenvalue weighted by Crippen LogP contribution is 2.44. The van der Waals surface area contributed by atoms with Crippen molar-refractivity contribution in [2.45, 2.75) is 38.3 Å². The zero-order chi connectivity index (χ0) is 25.5. The topological polar surface area (TPSA) is 55.7 Å². The molecule has 6 nitrogen and oxygen atoms in total. The second-order valence-corrected chi connectivity index (χ2v) is 10.9. The summed E-state index contributed by atoms with van der Waals surface area (Å²) in [5, 5.41) is 4.98. The van der Waals surface area contributed by atoms with E-state index in [2.05, 4.69) is 28.2 Å². The molecule has 1 N–H and O–H groups in total. The Kier molecular flexibility index (Phi) is 6.34. The van der Waals surface area contributed by atoms with Gasteiger partial charge in [0.05, 0.1) is 38.2 Å². The third-order valence-electron chi connectivity index (χ3n) is 7.25. The van der Waals surface area contributed by atoms with E-state index in [1.54, 1.807) is 20.3 Å². The summed E-state index contributed by atoms with van der Waals surface area (Å²) >= 11 is 8.31. The number of methoxy groups -OCH3 is 2. The molecule has 8 heteroatoms. The minimum Gasteiger partial charge on any atom is -0.497 e. The zero-order valence-electron chi connectivity index (χ0n) is 20.8. The van der Waals surface area contributed by atoms with Gasteiger partial charge in [-0.2, -0.15) is 0 Å². The number of urea groups is 1. The van der Waals surface area contributed by atoms with Gasteiger partial charge in [-0.25, -0.2) is 4.79 Å². The Hall–Kier alpha value is -3.42. The lowest BCUT2D eigenvalue weighted by Gasteiger charge is -2.31. The van der Waals surface area contributed by atoms with Crippen LogP contribution in [0.2, 0.25) is 5.02 Å². The summed E-state index contributed by atoms with van der Waals surface area (Å²) < 4.78 is 13.2. The number of thiophene rings is 1. The van der Waals surface area contributed by atoms with Crippen LogP contribution in [0.4, 0.5) is 10.5 Å². The Balaban J connectivity index is 1.48. The molecule has 0 spiro atoms. The van der Waals surface area contributed by atoms with Crippen LogP contribution in [0.5, 0.6) is 11.5 Å². The van der Waals surface area contributed by atoms with Crippen molar-refractivity contribution in [1.82, 2.24) is 9.47 Å². The number of nitrogens with zero attached hydrogens (tertiary/aromatic N) is 2. The van der Waals surface area contributed by atoms with Crippen molar-refractivity contribution in [3.05, 3.63) is 93.1 Å². The zero-order valence-corrected chi connectivity index (χ0v) is 22.4. The second kappa shape index (κ2) is 9.80. The first-order valence-corrected chi connectivity index (χ1v) is 13.6. The quantitative estimate of drug-likeness (QED) is 0.301. The summed E-state index contributed by atoms with van der Waals surface area (Å²) in [7, 11) is 3.19. The van der Waals surface area contributed by atoms with Crippen molar-refractivity contribution in [1.29, 1.82) is 0 Å². The van der Waals surface area contributed by atoms with Gasteiger partial charge in [0.2, 0.25) is 0 Å². The molecule has 0 saturated heterocycles. The van der Waals surface area contributed by atoms with Crippen LogP contribution in [0, 0.1) is 0 Å². The molecule has 1 aliphatic heterocycles. The van der Waals surface area contributed by atoms with Gasteiger partial charge in [-0.05, 0) is 73.2 Å². The third-order valence-corrected chi connectivity index (χ3v) is 8.82. The van der Waals surface area contributed by atoms with Gasteiger partial charge in [-0.1, -0.05) is 23.7 Å². The lowest BCUT2D eigenvalue weighted by Crippen LogP contribution is -2.38. The van der Waals surface area contributed by atoms with Gasteiger partial charge in [0.15, 0.2) is 0 Å². The van der Waals surface area contributed by atoms with Crippen LogP contribution in [-0.4, -0.2) is 29.7 Å². The maximum atomic E-state index is 14.1. The van der Waals surface area contributed by atoms with Crippen LogP contribution in [0.15, 0.2) is 60.8 Å². The molecule has 0 radical (unpaired) electrons. The highest BCUT2D eigenvalue weighted by Gasteiger charge is 2.36. The van der Waals surface area contributed by atoms with Crippen LogP contribution in [0.25, 0.3) is 5.00 Å². The van der Waals surface area contributed by atoms with E-state index in [9.17, 15) is 4.79 Å². The third kappa shape index (κ3) is 4.26. The fourth-order valence-corrected chi connectivity index (χ4v) is 7.11. The van der Waals surface area contributed by atoms with E-state index in [0.717, 1.165) is 24.1 Å². The number of rotatable bonds is 4. The molecule has 1 aliphatic carbocycles. The van der Waals surface area contributed by atoms with Crippen molar-refractivity contribution < 1.29 is 14.3 Å². The Morgan fingerprint density at radius 2 is 1.89 bits per heavy atom. The number of nitrogens with one attached hydrogen (secondary N) is 1. The van der Waals surface area contributed by atoms with Crippen molar-refractivity contribution in [3.8, 4) is 16.5 Å². The predicted octanol–water partition coefficient (Wildman–Crippen LogP) is 7.23. The van der Waals surface area contributed by atoms with Crippen LogP contribution < -0.4 is 14.8 Å². The van der Waals surface area contributed by atoms with Crippen LogP contribution in [0.1, 0.15) is 46.1 Å². The smallest absolute Gasteiger partial charge is 0.323 e. The lowest BCUT2D eigenvalue weighted by molar-refractivity contribution is 0.194. The van der Waals surface area contributed by atoms with Crippen molar-refractivity contribution in [2.24, 2.45) is 0 Å². The summed E-state index contributed by atoms with van der Waals surface area (Å²) in [6.45, 7) is 0.504. The first kappa shape index (κ1) is 23.9. The summed E-state index contributed by atoms with van der Waals surface area (Å²) in [4.78, 5) is 17.5. The molecule has 0 bridgehead atoms. The molecular weight excluding hydrogens is 506 g/mol. The number of benzene rings is 2. The number of ether oxygens (including phenoxy) is 2. The van der Waals surface area contributed by atoms with Gasteiger partial charge < -0.3 is 24.3 Å². The van der Waals surface area contributed by atoms with Crippen LogP contribution >= 0.6 is 22.9 Å². The van der Waals surface area contributed by atoms with Crippen LogP contribution in [0.3, 0.4) is 0 Å². The average molecular weight is 534 g/mol. The number of halogens is 1. The first-order valence-electron chi connectivity index (χ1n) is 12.4. The van der Waals surface area contributed by atoms with E-state index in [0.29, 0.717) is 28.8 Å². The molecule has 190 valence electrons.